The molecule has 0 amide bonds. The molecule has 0 saturated carbocycles. The lowest BCUT2D eigenvalue weighted by Gasteiger charge is -2.33. The summed E-state index contributed by atoms with van der Waals surface area (Å²) in [6.07, 6.45) is -4.70. The minimum absolute atomic E-state index is 0.320. The van der Waals surface area contributed by atoms with Gasteiger partial charge in [-0.05, 0) is 16.7 Å². The molecule has 1 aliphatic heterocycles. The number of benzene rings is 2. The van der Waals surface area contributed by atoms with Gasteiger partial charge in [-0.15, -0.1) is 0 Å². The van der Waals surface area contributed by atoms with Crippen molar-refractivity contribution in [2.24, 2.45) is 0 Å². The highest BCUT2D eigenvalue weighted by molar-refractivity contribution is 5.40. The zero-order chi connectivity index (χ0) is 14.2. The van der Waals surface area contributed by atoms with Crippen molar-refractivity contribution >= 4 is 0 Å². The average molecular weight is 278 g/mol. The van der Waals surface area contributed by atoms with E-state index in [-0.39, 0.29) is 6.61 Å². The van der Waals surface area contributed by atoms with Gasteiger partial charge in [-0.25, -0.2) is 0 Å². The molecule has 0 spiro atoms. The van der Waals surface area contributed by atoms with Crippen molar-refractivity contribution < 1.29 is 17.9 Å². The summed E-state index contributed by atoms with van der Waals surface area (Å²) >= 11 is 0. The van der Waals surface area contributed by atoms with Crippen LogP contribution < -0.4 is 0 Å². The smallest absolute Gasteiger partial charge is 0.368 e. The molecule has 0 bridgehead atoms. The fourth-order valence-corrected chi connectivity index (χ4v) is 2.61. The molecule has 0 aromatic heterocycles. The van der Waals surface area contributed by atoms with Crippen molar-refractivity contribution in [3.05, 3.63) is 71.3 Å². The summed E-state index contributed by atoms with van der Waals surface area (Å²) in [5, 5.41) is 0. The first-order chi connectivity index (χ1) is 9.57. The van der Waals surface area contributed by atoms with Crippen molar-refractivity contribution in [1.29, 1.82) is 0 Å². The van der Waals surface area contributed by atoms with Gasteiger partial charge in [0.2, 0.25) is 0 Å². The molecule has 2 aromatic rings. The van der Waals surface area contributed by atoms with Crippen LogP contribution in [0.4, 0.5) is 13.2 Å². The fraction of sp³-hybridized carbons (Fsp3) is 0.250. The third-order valence-electron chi connectivity index (χ3n) is 3.58. The molecule has 0 aliphatic carbocycles. The van der Waals surface area contributed by atoms with Crippen LogP contribution in [0.25, 0.3) is 0 Å². The maximum absolute atomic E-state index is 13.1. The largest absolute Gasteiger partial charge is 0.397 e. The van der Waals surface area contributed by atoms with E-state index in [0.717, 1.165) is 5.56 Å². The quantitative estimate of drug-likeness (QED) is 0.748. The van der Waals surface area contributed by atoms with Crippen LogP contribution in [0.5, 0.6) is 0 Å². The zero-order valence-electron chi connectivity index (χ0n) is 10.6. The third kappa shape index (κ3) is 2.31. The molecule has 4 heteroatoms. The highest BCUT2D eigenvalue weighted by Crippen LogP contribution is 2.44. The van der Waals surface area contributed by atoms with Gasteiger partial charge in [0, 0.05) is 0 Å². The van der Waals surface area contributed by atoms with Crippen LogP contribution in [0, 0.1) is 0 Å². The predicted octanol–water partition coefficient (Wildman–Crippen LogP) is 4.45. The van der Waals surface area contributed by atoms with Gasteiger partial charge in [-0.1, -0.05) is 54.6 Å². The van der Waals surface area contributed by atoms with Crippen LogP contribution >= 0.6 is 0 Å². The lowest BCUT2D eigenvalue weighted by molar-refractivity contribution is -0.170. The number of halogens is 3. The molecule has 20 heavy (non-hydrogen) atoms. The van der Waals surface area contributed by atoms with E-state index in [1.54, 1.807) is 24.3 Å². The Hall–Kier alpha value is -1.81. The first kappa shape index (κ1) is 13.2. The van der Waals surface area contributed by atoms with Gasteiger partial charge in [0.15, 0.2) is 0 Å². The molecule has 0 saturated heterocycles. The Morgan fingerprint density at radius 3 is 2.10 bits per heavy atom. The fourth-order valence-electron chi connectivity index (χ4n) is 2.61. The highest BCUT2D eigenvalue weighted by atomic mass is 19.4. The summed E-state index contributed by atoms with van der Waals surface area (Å²) in [6, 6.07) is 16.0. The molecule has 0 N–H and O–H groups in total. The average Bonchev–Trinajstić information content (AvgIpc) is 2.46. The molecule has 0 radical (unpaired) electrons. The number of alkyl halides is 3. The van der Waals surface area contributed by atoms with Crippen molar-refractivity contribution in [1.82, 2.24) is 0 Å². The highest BCUT2D eigenvalue weighted by Gasteiger charge is 2.45. The van der Waals surface area contributed by atoms with Crippen LogP contribution in [-0.4, -0.2) is 12.8 Å². The molecule has 2 unspecified atom stereocenters. The monoisotopic (exact) mass is 278 g/mol. The van der Waals surface area contributed by atoms with Crippen LogP contribution in [0.2, 0.25) is 0 Å². The van der Waals surface area contributed by atoms with E-state index < -0.39 is 18.2 Å². The standard InChI is InChI=1S/C16H13F3O/c17-16(18,19)14-10-20-15(11-6-2-1-3-7-11)13-9-5-4-8-12(13)14/h1-9,14-15H,10H2. The second-order valence-electron chi connectivity index (χ2n) is 4.85. The Labute approximate surface area is 115 Å². The first-order valence-corrected chi connectivity index (χ1v) is 6.39. The normalized spacial score (nSPS) is 22.4. The Kier molecular flexibility index (Phi) is 3.26. The van der Waals surface area contributed by atoms with Crippen molar-refractivity contribution in [3.8, 4) is 0 Å². The van der Waals surface area contributed by atoms with Gasteiger partial charge in [0.1, 0.15) is 12.0 Å². The molecule has 104 valence electrons. The molecule has 1 aliphatic rings. The minimum Gasteiger partial charge on any atom is -0.368 e. The van der Waals surface area contributed by atoms with Crippen LogP contribution in [-0.2, 0) is 4.74 Å². The molecule has 1 heterocycles. The van der Waals surface area contributed by atoms with Crippen LogP contribution in [0.3, 0.4) is 0 Å². The van der Waals surface area contributed by atoms with Gasteiger partial charge >= 0.3 is 6.18 Å². The summed E-state index contributed by atoms with van der Waals surface area (Å²) in [6.45, 7) is -0.333. The van der Waals surface area contributed by atoms with Gasteiger partial charge < -0.3 is 4.74 Å². The van der Waals surface area contributed by atoms with E-state index >= 15 is 0 Å². The molecule has 1 nitrogen and oxygen atoms in total. The van der Waals surface area contributed by atoms with E-state index in [1.165, 1.54) is 0 Å². The molecule has 3 rings (SSSR count). The van der Waals surface area contributed by atoms with Gasteiger partial charge in [-0.2, -0.15) is 13.2 Å². The van der Waals surface area contributed by atoms with Crippen LogP contribution in [0.15, 0.2) is 54.6 Å². The molecular weight excluding hydrogens is 265 g/mol. The summed E-state index contributed by atoms with van der Waals surface area (Å²) < 4.78 is 44.7. The summed E-state index contributed by atoms with van der Waals surface area (Å²) in [4.78, 5) is 0. The number of hydrogen-bond donors (Lipinski definition) is 0. The molecule has 2 atom stereocenters. The predicted molar refractivity (Wildman–Crippen MR) is 69.5 cm³/mol. The number of rotatable bonds is 1. The Morgan fingerprint density at radius 2 is 1.45 bits per heavy atom. The second kappa shape index (κ2) is 4.94. The first-order valence-electron chi connectivity index (χ1n) is 6.39. The number of hydrogen-bond acceptors (Lipinski definition) is 1. The van der Waals surface area contributed by atoms with E-state index in [9.17, 15) is 13.2 Å². The number of ether oxygens (including phenoxy) is 1. The van der Waals surface area contributed by atoms with Gasteiger partial charge in [0.05, 0.1) is 6.61 Å². The molecule has 2 aromatic carbocycles. The molecular formula is C16H13F3O. The van der Waals surface area contributed by atoms with Crippen molar-refractivity contribution in [2.75, 3.05) is 6.61 Å². The van der Waals surface area contributed by atoms with E-state index in [1.807, 2.05) is 30.3 Å². The minimum atomic E-state index is -4.28. The zero-order valence-corrected chi connectivity index (χ0v) is 10.6. The maximum atomic E-state index is 13.1. The SMILES string of the molecule is FC(F)(F)C1COC(c2ccccc2)c2ccccc21. The van der Waals surface area contributed by atoms with Crippen molar-refractivity contribution in [3.63, 3.8) is 0 Å². The molecule has 0 fully saturated rings. The van der Waals surface area contributed by atoms with E-state index in [0.29, 0.717) is 11.1 Å². The van der Waals surface area contributed by atoms with Crippen molar-refractivity contribution in [2.45, 2.75) is 18.2 Å². The van der Waals surface area contributed by atoms with E-state index in [2.05, 4.69) is 0 Å². The summed E-state index contributed by atoms with van der Waals surface area (Å²) in [5.41, 5.74) is 1.80. The Balaban J connectivity index is 2.06. The maximum Gasteiger partial charge on any atom is 0.397 e. The number of fused-ring (bicyclic) bond motifs is 1. The Morgan fingerprint density at radius 1 is 0.850 bits per heavy atom. The summed E-state index contributed by atoms with van der Waals surface area (Å²) in [5.74, 6) is -1.54. The van der Waals surface area contributed by atoms with E-state index in [4.69, 9.17) is 4.74 Å². The van der Waals surface area contributed by atoms with Gasteiger partial charge in [0.25, 0.3) is 0 Å². The second-order valence-corrected chi connectivity index (χ2v) is 4.85. The Bertz CT molecular complexity index is 592. The van der Waals surface area contributed by atoms with Gasteiger partial charge in [-0.3, -0.25) is 0 Å². The van der Waals surface area contributed by atoms with Crippen LogP contribution in [0.1, 0.15) is 28.7 Å². The topological polar surface area (TPSA) is 9.23 Å². The lowest BCUT2D eigenvalue weighted by atomic mass is 9.86. The third-order valence-corrected chi connectivity index (χ3v) is 3.58. The lowest BCUT2D eigenvalue weighted by Crippen LogP contribution is -2.31. The summed E-state index contributed by atoms with van der Waals surface area (Å²) in [7, 11) is 0.